The number of rotatable bonds is 2. The third-order valence-corrected chi connectivity index (χ3v) is 7.97. The molecule has 2 saturated carbocycles. The van der Waals surface area contributed by atoms with Crippen molar-refractivity contribution in [3.8, 4) is 0 Å². The molecule has 16 heavy (non-hydrogen) atoms. The largest absolute Gasteiger partial charge is 0.481 e. The average Bonchev–Trinajstić information content (AvgIpc) is 2.46. The van der Waals surface area contributed by atoms with Crippen LogP contribution in [0.15, 0.2) is 0 Å². The van der Waals surface area contributed by atoms with Gasteiger partial charge in [0.1, 0.15) is 0 Å². The third kappa shape index (κ3) is 1.19. The van der Waals surface area contributed by atoms with Crippen molar-refractivity contribution in [3.05, 3.63) is 0 Å². The van der Waals surface area contributed by atoms with Gasteiger partial charge < -0.3 is 5.11 Å². The fourth-order valence-electron chi connectivity index (χ4n) is 3.37. The summed E-state index contributed by atoms with van der Waals surface area (Å²) in [5.41, 5.74) is -1.04. The zero-order valence-corrected chi connectivity index (χ0v) is 12.4. The lowest BCUT2D eigenvalue weighted by Gasteiger charge is -2.40. The van der Waals surface area contributed by atoms with Crippen molar-refractivity contribution >= 4 is 43.6 Å². The van der Waals surface area contributed by atoms with Gasteiger partial charge in [0.15, 0.2) is 5.78 Å². The maximum Gasteiger partial charge on any atom is 0.303 e. The van der Waals surface area contributed by atoms with Gasteiger partial charge in [-0.1, -0.05) is 45.7 Å². The standard InChI is InChI=1S/C11H14Br2O3/c1-9(2)8(16)11(13)4-3-10(9,7(11)12)5-6(14)15/h7H,3-5H2,1-2H3,(H,14,15)/t7-,10-,11-/m1/s1. The Morgan fingerprint density at radius 1 is 1.50 bits per heavy atom. The number of aliphatic carboxylic acids is 1. The highest BCUT2D eigenvalue weighted by atomic mass is 79.9. The fraction of sp³-hybridized carbons (Fsp3) is 0.818. The van der Waals surface area contributed by atoms with Crippen molar-refractivity contribution in [2.75, 3.05) is 0 Å². The zero-order chi connectivity index (χ0) is 12.4. The number of carbonyl (C=O) groups is 2. The first kappa shape index (κ1) is 12.6. The monoisotopic (exact) mass is 352 g/mol. The van der Waals surface area contributed by atoms with Crippen molar-refractivity contribution in [2.24, 2.45) is 10.8 Å². The molecule has 5 heteroatoms. The quantitative estimate of drug-likeness (QED) is 0.776. The molecule has 0 spiro atoms. The molecule has 0 aromatic heterocycles. The number of hydrogen-bond donors (Lipinski definition) is 1. The predicted octanol–water partition coefficient (Wildman–Crippen LogP) is 2.75. The van der Waals surface area contributed by atoms with Crippen LogP contribution in [0.3, 0.4) is 0 Å². The molecule has 0 aromatic carbocycles. The molecule has 2 fully saturated rings. The van der Waals surface area contributed by atoms with E-state index in [0.717, 1.165) is 12.8 Å². The van der Waals surface area contributed by atoms with Crippen LogP contribution < -0.4 is 0 Å². The Morgan fingerprint density at radius 2 is 2.06 bits per heavy atom. The number of halogens is 2. The molecule has 0 heterocycles. The fourth-order valence-corrected chi connectivity index (χ4v) is 5.90. The van der Waals surface area contributed by atoms with E-state index in [1.807, 2.05) is 13.8 Å². The maximum absolute atomic E-state index is 12.3. The van der Waals surface area contributed by atoms with E-state index in [9.17, 15) is 9.59 Å². The zero-order valence-electron chi connectivity index (χ0n) is 9.22. The number of alkyl halides is 2. The molecule has 0 aliphatic heterocycles. The number of ketones is 1. The van der Waals surface area contributed by atoms with Gasteiger partial charge in [-0.05, 0) is 12.8 Å². The van der Waals surface area contributed by atoms with Gasteiger partial charge in [0.05, 0.1) is 10.7 Å². The Morgan fingerprint density at radius 3 is 2.44 bits per heavy atom. The minimum absolute atomic E-state index is 0.0506. The van der Waals surface area contributed by atoms with Crippen molar-refractivity contribution in [1.82, 2.24) is 0 Å². The van der Waals surface area contributed by atoms with Crippen LogP contribution in [0.2, 0.25) is 0 Å². The van der Waals surface area contributed by atoms with Crippen LogP contribution in [0.1, 0.15) is 33.1 Å². The van der Waals surface area contributed by atoms with Crippen LogP contribution in [0.5, 0.6) is 0 Å². The predicted molar refractivity (Wildman–Crippen MR) is 67.1 cm³/mol. The van der Waals surface area contributed by atoms with E-state index >= 15 is 0 Å². The smallest absolute Gasteiger partial charge is 0.303 e. The normalized spacial score (nSPS) is 45.0. The summed E-state index contributed by atoms with van der Waals surface area (Å²) in [6, 6.07) is 0. The molecule has 90 valence electrons. The summed E-state index contributed by atoms with van der Waals surface area (Å²) < 4.78 is -0.564. The summed E-state index contributed by atoms with van der Waals surface area (Å²) in [4.78, 5) is 23.3. The summed E-state index contributed by atoms with van der Waals surface area (Å²) in [6.45, 7) is 3.74. The number of Topliss-reactive ketones (excluding diaryl/α,β-unsaturated/α-hetero) is 1. The van der Waals surface area contributed by atoms with E-state index in [1.165, 1.54) is 0 Å². The Balaban J connectivity index is 2.52. The summed E-state index contributed by atoms with van der Waals surface area (Å²) in [5.74, 6) is -0.696. The van der Waals surface area contributed by atoms with Crippen molar-refractivity contribution in [2.45, 2.75) is 42.3 Å². The van der Waals surface area contributed by atoms with Gasteiger partial charge in [-0.25, -0.2) is 0 Å². The van der Waals surface area contributed by atoms with Gasteiger partial charge in [-0.15, -0.1) is 0 Å². The highest BCUT2D eigenvalue weighted by molar-refractivity contribution is 9.13. The van der Waals surface area contributed by atoms with E-state index < -0.39 is 21.1 Å². The molecule has 3 nitrogen and oxygen atoms in total. The van der Waals surface area contributed by atoms with Gasteiger partial charge in [0.25, 0.3) is 0 Å². The maximum atomic E-state index is 12.3. The minimum Gasteiger partial charge on any atom is -0.481 e. The Bertz CT molecular complexity index is 379. The SMILES string of the molecule is CC1(C)C(=O)[C@@]2(Br)CC[C@@]1(CC(=O)O)[C@H]2Br. The summed E-state index contributed by atoms with van der Waals surface area (Å²) >= 11 is 7.09. The van der Waals surface area contributed by atoms with E-state index in [1.54, 1.807) is 0 Å². The van der Waals surface area contributed by atoms with Crippen LogP contribution in [-0.4, -0.2) is 26.0 Å². The molecule has 2 rings (SSSR count). The Labute approximate surface area is 111 Å². The van der Waals surface area contributed by atoms with Crippen molar-refractivity contribution < 1.29 is 14.7 Å². The van der Waals surface area contributed by atoms with Crippen LogP contribution in [0.4, 0.5) is 0 Å². The number of carboxylic acid groups (broad SMARTS) is 1. The third-order valence-electron chi connectivity index (χ3n) is 4.48. The second-order valence-electron chi connectivity index (χ2n) is 5.41. The van der Waals surface area contributed by atoms with Gasteiger partial charge in [-0.2, -0.15) is 0 Å². The number of carbonyl (C=O) groups excluding carboxylic acids is 1. The molecule has 1 N–H and O–H groups in total. The molecule has 2 aliphatic rings. The summed E-state index contributed by atoms with van der Waals surface area (Å²) in [5, 5.41) is 9.06. The molecule has 2 bridgehead atoms. The Kier molecular flexibility index (Phi) is 2.60. The molecular formula is C11H14Br2O3. The van der Waals surface area contributed by atoms with Crippen molar-refractivity contribution in [1.29, 1.82) is 0 Å². The minimum atomic E-state index is -0.830. The second-order valence-corrected chi connectivity index (χ2v) is 7.74. The van der Waals surface area contributed by atoms with Gasteiger partial charge in [0.2, 0.25) is 0 Å². The van der Waals surface area contributed by atoms with E-state index in [0.29, 0.717) is 0 Å². The molecule has 0 saturated heterocycles. The summed E-state index contributed by atoms with van der Waals surface area (Å²) in [6.07, 6.45) is 1.55. The molecule has 3 atom stereocenters. The first-order valence-electron chi connectivity index (χ1n) is 5.28. The second kappa shape index (κ2) is 3.31. The molecule has 0 radical (unpaired) electrons. The highest BCUT2D eigenvalue weighted by Gasteiger charge is 2.74. The Hall–Kier alpha value is 0.1000. The van der Waals surface area contributed by atoms with Crippen LogP contribution in [0.25, 0.3) is 0 Å². The molecule has 0 aromatic rings. The van der Waals surface area contributed by atoms with Crippen LogP contribution in [-0.2, 0) is 9.59 Å². The van der Waals surface area contributed by atoms with Gasteiger partial charge in [0, 0.05) is 15.7 Å². The molecule has 0 amide bonds. The first-order valence-corrected chi connectivity index (χ1v) is 6.99. The van der Waals surface area contributed by atoms with E-state index in [2.05, 4.69) is 31.9 Å². The lowest BCUT2D eigenvalue weighted by Crippen LogP contribution is -2.43. The van der Waals surface area contributed by atoms with Gasteiger partial charge >= 0.3 is 5.97 Å². The van der Waals surface area contributed by atoms with E-state index in [4.69, 9.17) is 5.11 Å². The number of carboxylic acids is 1. The van der Waals surface area contributed by atoms with Gasteiger partial charge in [-0.3, -0.25) is 9.59 Å². The molecule has 2 aliphatic carbocycles. The first-order chi connectivity index (χ1) is 7.18. The van der Waals surface area contributed by atoms with E-state index in [-0.39, 0.29) is 17.0 Å². The molecular weight excluding hydrogens is 340 g/mol. The lowest BCUT2D eigenvalue weighted by atomic mass is 9.63. The van der Waals surface area contributed by atoms with Crippen LogP contribution in [0, 0.1) is 10.8 Å². The average molecular weight is 354 g/mol. The van der Waals surface area contributed by atoms with Crippen molar-refractivity contribution in [3.63, 3.8) is 0 Å². The topological polar surface area (TPSA) is 54.4 Å². The lowest BCUT2D eigenvalue weighted by molar-refractivity contribution is -0.143. The summed E-state index contributed by atoms with van der Waals surface area (Å²) in [7, 11) is 0. The molecule has 0 unspecified atom stereocenters. The highest BCUT2D eigenvalue weighted by Crippen LogP contribution is 2.70. The number of fused-ring (bicyclic) bond motifs is 2. The number of hydrogen-bond acceptors (Lipinski definition) is 2. The van der Waals surface area contributed by atoms with Crippen LogP contribution >= 0.6 is 31.9 Å².